The summed E-state index contributed by atoms with van der Waals surface area (Å²) < 4.78 is 12.5. The predicted octanol–water partition coefficient (Wildman–Crippen LogP) is 4.15. The summed E-state index contributed by atoms with van der Waals surface area (Å²) in [6.45, 7) is 0. The summed E-state index contributed by atoms with van der Waals surface area (Å²) in [6, 6.07) is 11.4. The first-order valence-electron chi connectivity index (χ1n) is 5.92. The Morgan fingerprint density at radius 2 is 1.70 bits per heavy atom. The van der Waals surface area contributed by atoms with Crippen LogP contribution in [-0.4, -0.2) is 19.3 Å². The normalized spacial score (nSPS) is 12.1. The van der Waals surface area contributed by atoms with Gasteiger partial charge in [0.25, 0.3) is 0 Å². The van der Waals surface area contributed by atoms with E-state index in [1.807, 2.05) is 30.3 Å². The van der Waals surface area contributed by atoms with Gasteiger partial charge >= 0.3 is 0 Å². The molecule has 1 N–H and O–H groups in total. The van der Waals surface area contributed by atoms with Gasteiger partial charge in [0.2, 0.25) is 0 Å². The molecule has 0 aliphatic carbocycles. The van der Waals surface area contributed by atoms with Gasteiger partial charge in [0, 0.05) is 9.13 Å². The molecule has 0 saturated carbocycles. The largest absolute Gasteiger partial charge is 0.495 e. The minimum atomic E-state index is -0.746. The molecule has 5 heteroatoms. The maximum Gasteiger partial charge on any atom is 0.142 e. The van der Waals surface area contributed by atoms with E-state index in [9.17, 15) is 5.11 Å². The summed E-state index contributed by atoms with van der Waals surface area (Å²) >= 11 is 5.68. The van der Waals surface area contributed by atoms with Gasteiger partial charge in [0.1, 0.15) is 22.1 Å². The summed E-state index contributed by atoms with van der Waals surface area (Å²) in [5, 5.41) is 10.5. The van der Waals surface area contributed by atoms with E-state index >= 15 is 0 Å². The lowest BCUT2D eigenvalue weighted by molar-refractivity contribution is 0.214. The van der Waals surface area contributed by atoms with Crippen molar-refractivity contribution < 1.29 is 14.6 Å². The summed E-state index contributed by atoms with van der Waals surface area (Å²) in [6.07, 6.45) is -0.746. The molecule has 0 spiro atoms. The topological polar surface area (TPSA) is 38.7 Å². The van der Waals surface area contributed by atoms with Crippen molar-refractivity contribution in [1.82, 2.24) is 0 Å². The van der Waals surface area contributed by atoms with Crippen molar-refractivity contribution in [2.24, 2.45) is 0 Å². The van der Waals surface area contributed by atoms with Gasteiger partial charge in [-0.2, -0.15) is 0 Å². The zero-order valence-corrected chi connectivity index (χ0v) is 14.8. The number of ether oxygens (including phenoxy) is 2. The average molecular weight is 449 g/mol. The molecule has 2 aromatic rings. The first-order valence-corrected chi connectivity index (χ1v) is 7.79. The van der Waals surface area contributed by atoms with Crippen molar-refractivity contribution in [1.29, 1.82) is 0 Å². The average Bonchev–Trinajstić information content (AvgIpc) is 2.47. The maximum atomic E-state index is 10.5. The quantitative estimate of drug-likeness (QED) is 0.714. The minimum absolute atomic E-state index is 0.579. The van der Waals surface area contributed by atoms with Gasteiger partial charge < -0.3 is 14.6 Å². The van der Waals surface area contributed by atoms with Crippen LogP contribution < -0.4 is 9.47 Å². The van der Waals surface area contributed by atoms with Crippen LogP contribution in [0.1, 0.15) is 17.2 Å². The van der Waals surface area contributed by atoms with E-state index in [1.165, 1.54) is 0 Å². The Labute approximate surface area is 140 Å². The van der Waals surface area contributed by atoms with E-state index < -0.39 is 6.10 Å². The molecular formula is C15H14BrIO3. The van der Waals surface area contributed by atoms with Gasteiger partial charge in [0.15, 0.2) is 0 Å². The monoisotopic (exact) mass is 448 g/mol. The molecule has 1 unspecified atom stereocenters. The number of hydrogen-bond donors (Lipinski definition) is 1. The van der Waals surface area contributed by atoms with E-state index in [0.717, 1.165) is 9.13 Å². The lowest BCUT2D eigenvalue weighted by Gasteiger charge is -2.18. The van der Waals surface area contributed by atoms with Crippen LogP contribution in [0, 0.1) is 3.57 Å². The van der Waals surface area contributed by atoms with Gasteiger partial charge in [-0.15, -0.1) is 0 Å². The van der Waals surface area contributed by atoms with Crippen molar-refractivity contribution >= 4 is 38.5 Å². The molecule has 0 aliphatic heterocycles. The second-order valence-corrected chi connectivity index (χ2v) is 6.20. The number of methoxy groups -OCH3 is 2. The molecular weight excluding hydrogens is 435 g/mol. The number of rotatable bonds is 4. The number of hydrogen-bond acceptors (Lipinski definition) is 3. The fraction of sp³-hybridized carbons (Fsp3) is 0.200. The van der Waals surface area contributed by atoms with Gasteiger partial charge in [-0.05, 0) is 68.3 Å². The van der Waals surface area contributed by atoms with Crippen molar-refractivity contribution in [3.8, 4) is 11.5 Å². The third kappa shape index (κ3) is 3.10. The van der Waals surface area contributed by atoms with Crippen LogP contribution in [0.15, 0.2) is 40.9 Å². The highest BCUT2D eigenvalue weighted by Gasteiger charge is 2.19. The van der Waals surface area contributed by atoms with Crippen LogP contribution in [-0.2, 0) is 0 Å². The lowest BCUT2D eigenvalue weighted by atomic mass is 10.0. The van der Waals surface area contributed by atoms with Gasteiger partial charge in [-0.3, -0.25) is 0 Å². The molecule has 1 atom stereocenters. The van der Waals surface area contributed by atoms with Crippen LogP contribution in [0.25, 0.3) is 0 Å². The summed E-state index contributed by atoms with van der Waals surface area (Å²) in [4.78, 5) is 0. The van der Waals surface area contributed by atoms with E-state index in [2.05, 4.69) is 38.5 Å². The zero-order chi connectivity index (χ0) is 14.7. The van der Waals surface area contributed by atoms with Crippen LogP contribution in [0.5, 0.6) is 11.5 Å². The molecule has 106 valence electrons. The molecule has 20 heavy (non-hydrogen) atoms. The van der Waals surface area contributed by atoms with E-state index in [-0.39, 0.29) is 0 Å². The van der Waals surface area contributed by atoms with Crippen LogP contribution in [0.2, 0.25) is 0 Å². The summed E-state index contributed by atoms with van der Waals surface area (Å²) in [7, 11) is 3.17. The smallest absolute Gasteiger partial charge is 0.142 e. The fourth-order valence-electron chi connectivity index (χ4n) is 1.96. The van der Waals surface area contributed by atoms with Crippen LogP contribution in [0.3, 0.4) is 0 Å². The molecule has 0 heterocycles. The number of benzene rings is 2. The number of aliphatic hydroxyl groups excluding tert-OH is 1. The maximum absolute atomic E-state index is 10.5. The summed E-state index contributed by atoms with van der Waals surface area (Å²) in [5.41, 5.74) is 1.52. The third-order valence-corrected chi connectivity index (χ3v) is 4.47. The Hall–Kier alpha value is -0.790. The second-order valence-electron chi connectivity index (χ2n) is 4.16. The second kappa shape index (κ2) is 6.78. The van der Waals surface area contributed by atoms with Crippen molar-refractivity contribution in [3.05, 3.63) is 55.6 Å². The molecule has 0 saturated heterocycles. The molecule has 0 fully saturated rings. The minimum Gasteiger partial charge on any atom is -0.495 e. The molecule has 2 rings (SSSR count). The van der Waals surface area contributed by atoms with Gasteiger partial charge in [-0.1, -0.05) is 12.1 Å². The molecule has 0 radical (unpaired) electrons. The van der Waals surface area contributed by atoms with Crippen LogP contribution in [0.4, 0.5) is 0 Å². The SMILES string of the molecule is COc1ccc(C(O)c2ccc(I)cc2)c(OC)c1Br. The Balaban J connectivity index is 2.46. The van der Waals surface area contributed by atoms with Gasteiger partial charge in [-0.25, -0.2) is 0 Å². The van der Waals surface area contributed by atoms with Gasteiger partial charge in [0.05, 0.1) is 14.2 Å². The molecule has 0 aromatic heterocycles. The number of halogens is 2. The Morgan fingerprint density at radius 1 is 1.05 bits per heavy atom. The number of aliphatic hydroxyl groups is 1. The molecule has 0 amide bonds. The van der Waals surface area contributed by atoms with Crippen molar-refractivity contribution in [2.45, 2.75) is 6.10 Å². The standard InChI is InChI=1S/C15H14BrIO3/c1-19-12-8-7-11(15(20-2)13(12)16)14(18)9-3-5-10(17)6-4-9/h3-8,14,18H,1-2H3. The highest BCUT2D eigenvalue weighted by molar-refractivity contribution is 14.1. The van der Waals surface area contributed by atoms with Crippen molar-refractivity contribution in [3.63, 3.8) is 0 Å². The van der Waals surface area contributed by atoms with E-state index in [0.29, 0.717) is 21.5 Å². The molecule has 2 aromatic carbocycles. The highest BCUT2D eigenvalue weighted by Crippen LogP contribution is 2.41. The fourth-order valence-corrected chi connectivity index (χ4v) is 3.00. The molecule has 3 nitrogen and oxygen atoms in total. The highest BCUT2D eigenvalue weighted by atomic mass is 127. The first kappa shape index (κ1) is 15.6. The Bertz CT molecular complexity index is 599. The lowest BCUT2D eigenvalue weighted by Crippen LogP contribution is -2.03. The predicted molar refractivity (Wildman–Crippen MR) is 90.5 cm³/mol. The zero-order valence-electron chi connectivity index (χ0n) is 11.1. The van der Waals surface area contributed by atoms with E-state index in [4.69, 9.17) is 9.47 Å². The first-order chi connectivity index (χ1) is 9.58. The Kier molecular flexibility index (Phi) is 5.29. The van der Waals surface area contributed by atoms with Crippen molar-refractivity contribution in [2.75, 3.05) is 14.2 Å². The Morgan fingerprint density at radius 3 is 2.25 bits per heavy atom. The third-order valence-electron chi connectivity index (χ3n) is 3.00. The molecule has 0 bridgehead atoms. The van der Waals surface area contributed by atoms with E-state index in [1.54, 1.807) is 20.3 Å². The van der Waals surface area contributed by atoms with Crippen LogP contribution >= 0.6 is 38.5 Å². The molecule has 0 aliphatic rings. The summed E-state index contributed by atoms with van der Waals surface area (Å²) in [5.74, 6) is 1.25.